The van der Waals surface area contributed by atoms with Gasteiger partial charge < -0.3 is 4.52 Å². The molecule has 6 nitrogen and oxygen atoms in total. The average molecular weight is 438 g/mol. The summed E-state index contributed by atoms with van der Waals surface area (Å²) in [7, 11) is -3.51. The monoisotopic (exact) mass is 437 g/mol. The van der Waals surface area contributed by atoms with E-state index in [4.69, 9.17) is 16.1 Å². The molecule has 1 saturated heterocycles. The van der Waals surface area contributed by atoms with Gasteiger partial charge in [-0.05, 0) is 43.4 Å². The fourth-order valence-corrected chi connectivity index (χ4v) is 6.69. The molecule has 3 heterocycles. The third kappa shape index (κ3) is 4.00. The maximum atomic E-state index is 12.9. The van der Waals surface area contributed by atoms with Gasteiger partial charge >= 0.3 is 0 Å². The molecule has 0 radical (unpaired) electrons. The van der Waals surface area contributed by atoms with Crippen LogP contribution in [0.5, 0.6) is 0 Å². The zero-order valence-electron chi connectivity index (χ0n) is 15.3. The summed E-state index contributed by atoms with van der Waals surface area (Å²) in [4.78, 5) is 4.52. The first-order chi connectivity index (χ1) is 13.4. The van der Waals surface area contributed by atoms with Crippen molar-refractivity contribution >= 4 is 33.0 Å². The Labute approximate surface area is 173 Å². The molecule has 0 unspecified atom stereocenters. The summed E-state index contributed by atoms with van der Waals surface area (Å²) in [6, 6.07) is 11.1. The van der Waals surface area contributed by atoms with E-state index in [1.807, 2.05) is 31.2 Å². The van der Waals surface area contributed by atoms with Crippen LogP contribution in [-0.4, -0.2) is 36.0 Å². The lowest BCUT2D eigenvalue weighted by atomic mass is 9.96. The van der Waals surface area contributed by atoms with E-state index in [0.29, 0.717) is 35.6 Å². The number of hydrogen-bond donors (Lipinski definition) is 0. The van der Waals surface area contributed by atoms with Crippen molar-refractivity contribution < 1.29 is 12.9 Å². The second-order valence-electron chi connectivity index (χ2n) is 6.96. The molecule has 1 aliphatic heterocycles. The Bertz CT molecular complexity index is 1080. The lowest BCUT2D eigenvalue weighted by molar-refractivity contribution is 0.247. The van der Waals surface area contributed by atoms with Crippen molar-refractivity contribution in [3.63, 3.8) is 0 Å². The molecule has 0 spiro atoms. The van der Waals surface area contributed by atoms with Crippen LogP contribution in [0.25, 0.3) is 11.4 Å². The highest BCUT2D eigenvalue weighted by Crippen LogP contribution is 2.31. The van der Waals surface area contributed by atoms with Crippen molar-refractivity contribution in [1.82, 2.24) is 14.4 Å². The number of halogens is 1. The van der Waals surface area contributed by atoms with Gasteiger partial charge in [0.05, 0.1) is 4.34 Å². The summed E-state index contributed by atoms with van der Waals surface area (Å²) in [5.74, 6) is 1.26. The third-order valence-electron chi connectivity index (χ3n) is 4.94. The SMILES string of the molecule is Cc1ccccc1-c1noc(C[C@@H]2CCCN(S(=O)(=O)c3ccc(Cl)s3)C2)n1. The second-order valence-corrected chi connectivity index (χ2v) is 10.8. The van der Waals surface area contributed by atoms with Crippen LogP contribution < -0.4 is 0 Å². The summed E-state index contributed by atoms with van der Waals surface area (Å²) in [6.07, 6.45) is 2.30. The number of sulfonamides is 1. The summed E-state index contributed by atoms with van der Waals surface area (Å²) in [5, 5.41) is 4.10. The van der Waals surface area contributed by atoms with Gasteiger partial charge in [0.25, 0.3) is 10.0 Å². The zero-order chi connectivity index (χ0) is 19.7. The quantitative estimate of drug-likeness (QED) is 0.591. The van der Waals surface area contributed by atoms with Gasteiger partial charge in [0.15, 0.2) is 0 Å². The van der Waals surface area contributed by atoms with E-state index in [1.165, 1.54) is 0 Å². The van der Waals surface area contributed by atoms with E-state index in [1.54, 1.807) is 16.4 Å². The Morgan fingerprint density at radius 1 is 1.29 bits per heavy atom. The van der Waals surface area contributed by atoms with E-state index in [-0.39, 0.29) is 10.1 Å². The Kier molecular flexibility index (Phi) is 5.55. The molecule has 1 atom stereocenters. The summed E-state index contributed by atoms with van der Waals surface area (Å²) < 4.78 is 33.5. The van der Waals surface area contributed by atoms with Crippen LogP contribution >= 0.6 is 22.9 Å². The van der Waals surface area contributed by atoms with Crippen LogP contribution in [0.3, 0.4) is 0 Å². The molecule has 1 aromatic carbocycles. The highest BCUT2D eigenvalue weighted by atomic mass is 35.5. The molecule has 0 aliphatic carbocycles. The minimum atomic E-state index is -3.51. The average Bonchev–Trinajstić information content (AvgIpc) is 3.32. The largest absolute Gasteiger partial charge is 0.339 e. The van der Waals surface area contributed by atoms with Crippen LogP contribution in [-0.2, 0) is 16.4 Å². The van der Waals surface area contributed by atoms with E-state index in [9.17, 15) is 8.42 Å². The van der Waals surface area contributed by atoms with Crippen LogP contribution in [0, 0.1) is 12.8 Å². The van der Waals surface area contributed by atoms with Crippen molar-refractivity contribution in [2.75, 3.05) is 13.1 Å². The van der Waals surface area contributed by atoms with Gasteiger partial charge in [-0.2, -0.15) is 9.29 Å². The fraction of sp³-hybridized carbons (Fsp3) is 0.368. The van der Waals surface area contributed by atoms with Crippen LogP contribution in [0.15, 0.2) is 45.1 Å². The highest BCUT2D eigenvalue weighted by Gasteiger charge is 2.32. The number of hydrogen-bond acceptors (Lipinski definition) is 6. The fourth-order valence-electron chi connectivity index (χ4n) is 3.49. The van der Waals surface area contributed by atoms with Crippen molar-refractivity contribution in [1.29, 1.82) is 0 Å². The molecule has 0 saturated carbocycles. The van der Waals surface area contributed by atoms with E-state index in [2.05, 4.69) is 10.1 Å². The van der Waals surface area contributed by atoms with Crippen LogP contribution in [0.1, 0.15) is 24.3 Å². The topological polar surface area (TPSA) is 76.3 Å². The van der Waals surface area contributed by atoms with Gasteiger partial charge in [-0.25, -0.2) is 8.42 Å². The van der Waals surface area contributed by atoms with E-state index < -0.39 is 10.0 Å². The molecular weight excluding hydrogens is 418 g/mol. The summed E-state index contributed by atoms with van der Waals surface area (Å²) >= 11 is 7.00. The van der Waals surface area contributed by atoms with Crippen molar-refractivity contribution in [3.05, 3.63) is 52.2 Å². The van der Waals surface area contributed by atoms with Crippen LogP contribution in [0.2, 0.25) is 4.34 Å². The molecule has 148 valence electrons. The number of benzene rings is 1. The molecule has 1 fully saturated rings. The molecule has 0 N–H and O–H groups in total. The minimum absolute atomic E-state index is 0.143. The highest BCUT2D eigenvalue weighted by molar-refractivity contribution is 7.91. The molecule has 4 rings (SSSR count). The normalized spacial score (nSPS) is 18.4. The second kappa shape index (κ2) is 7.94. The number of thiophene rings is 1. The number of nitrogens with zero attached hydrogens (tertiary/aromatic N) is 3. The van der Waals surface area contributed by atoms with Crippen LogP contribution in [0.4, 0.5) is 0 Å². The number of aryl methyl sites for hydroxylation is 1. The standard InChI is InChI=1S/C19H20ClN3O3S2/c1-13-5-2-3-7-15(13)19-21-17(26-22-19)11-14-6-4-10-23(12-14)28(24,25)18-9-8-16(20)27-18/h2-3,5,7-9,14H,4,6,10-12H2,1H3/t14-/m0/s1. The Morgan fingerprint density at radius 3 is 2.86 bits per heavy atom. The first-order valence-electron chi connectivity index (χ1n) is 9.07. The number of piperidine rings is 1. The summed E-state index contributed by atoms with van der Waals surface area (Å²) in [6.45, 7) is 2.97. The molecule has 28 heavy (non-hydrogen) atoms. The predicted molar refractivity (Wildman–Crippen MR) is 109 cm³/mol. The number of rotatable bonds is 5. The smallest absolute Gasteiger partial charge is 0.252 e. The first-order valence-corrected chi connectivity index (χ1v) is 11.7. The zero-order valence-corrected chi connectivity index (χ0v) is 17.7. The maximum absolute atomic E-state index is 12.9. The number of aromatic nitrogens is 2. The van der Waals surface area contributed by atoms with Gasteiger partial charge in [0.1, 0.15) is 4.21 Å². The van der Waals surface area contributed by atoms with Crippen molar-refractivity contribution in [2.45, 2.75) is 30.4 Å². The maximum Gasteiger partial charge on any atom is 0.252 e. The first kappa shape index (κ1) is 19.6. The molecule has 0 amide bonds. The van der Waals surface area contributed by atoms with Crippen molar-refractivity contribution in [3.8, 4) is 11.4 Å². The third-order valence-corrected chi connectivity index (χ3v) is 8.51. The molecule has 0 bridgehead atoms. The van der Waals surface area contributed by atoms with Gasteiger partial charge in [0, 0.05) is 25.1 Å². The van der Waals surface area contributed by atoms with E-state index in [0.717, 1.165) is 35.3 Å². The van der Waals surface area contributed by atoms with Gasteiger partial charge in [-0.15, -0.1) is 11.3 Å². The van der Waals surface area contributed by atoms with Gasteiger partial charge in [-0.3, -0.25) is 0 Å². The molecule has 9 heteroatoms. The Balaban J connectivity index is 1.47. The van der Waals surface area contributed by atoms with Gasteiger partial charge in [0.2, 0.25) is 11.7 Å². The molecular formula is C19H20ClN3O3S2. The minimum Gasteiger partial charge on any atom is -0.339 e. The molecule has 3 aromatic rings. The predicted octanol–water partition coefficient (Wildman–Crippen LogP) is 4.40. The lowest BCUT2D eigenvalue weighted by Gasteiger charge is -2.30. The van der Waals surface area contributed by atoms with Gasteiger partial charge in [-0.1, -0.05) is 41.0 Å². The molecule has 1 aliphatic rings. The molecule has 2 aromatic heterocycles. The van der Waals surface area contributed by atoms with Crippen molar-refractivity contribution in [2.24, 2.45) is 5.92 Å². The van der Waals surface area contributed by atoms with E-state index >= 15 is 0 Å². The Hall–Kier alpha value is -1.74. The Morgan fingerprint density at radius 2 is 2.11 bits per heavy atom. The summed E-state index contributed by atoms with van der Waals surface area (Å²) in [5.41, 5.74) is 2.03. The lowest BCUT2D eigenvalue weighted by Crippen LogP contribution is -2.40.